The fraction of sp³-hybridized carbons (Fsp3) is 0.222. The Balaban J connectivity index is 1.93. The molecule has 0 unspecified atom stereocenters. The Kier molecular flexibility index (Phi) is 2.77. The second kappa shape index (κ2) is 4.22. The Morgan fingerprint density at radius 2 is 2.53 bits per heavy atom. The first-order chi connectivity index (χ1) is 7.24. The van der Waals surface area contributed by atoms with Crippen LogP contribution in [0.1, 0.15) is 11.5 Å². The third-order valence-corrected chi connectivity index (χ3v) is 2.38. The molecule has 2 heterocycles. The zero-order valence-corrected chi connectivity index (χ0v) is 8.87. The zero-order chi connectivity index (χ0) is 10.7. The van der Waals surface area contributed by atoms with Crippen molar-refractivity contribution >= 4 is 22.4 Å². The van der Waals surface area contributed by atoms with Crippen molar-refractivity contribution in [2.45, 2.75) is 13.3 Å². The van der Waals surface area contributed by atoms with Gasteiger partial charge in [0.25, 0.3) is 0 Å². The number of aryl methyl sites for hydroxylation is 1. The third kappa shape index (κ3) is 2.63. The molecule has 1 N–H and O–H groups in total. The molecule has 0 aliphatic rings. The lowest BCUT2D eigenvalue weighted by molar-refractivity contribution is -0.115. The predicted molar refractivity (Wildman–Crippen MR) is 55.7 cm³/mol. The molecule has 0 aromatic carbocycles. The SMILES string of the molecule is Cc1cc(CC(=O)Nc2nccs2)on1. The van der Waals surface area contributed by atoms with Crippen LogP contribution in [-0.2, 0) is 11.2 Å². The number of rotatable bonds is 3. The monoisotopic (exact) mass is 223 g/mol. The van der Waals surface area contributed by atoms with Crippen LogP contribution < -0.4 is 5.32 Å². The second-order valence-electron chi connectivity index (χ2n) is 3.00. The largest absolute Gasteiger partial charge is 0.361 e. The van der Waals surface area contributed by atoms with Gasteiger partial charge >= 0.3 is 0 Å². The summed E-state index contributed by atoms with van der Waals surface area (Å²) in [6.07, 6.45) is 1.82. The summed E-state index contributed by atoms with van der Waals surface area (Å²) in [5.41, 5.74) is 0.770. The van der Waals surface area contributed by atoms with E-state index in [1.807, 2.05) is 6.92 Å². The van der Waals surface area contributed by atoms with E-state index in [1.165, 1.54) is 11.3 Å². The summed E-state index contributed by atoms with van der Waals surface area (Å²) in [6, 6.07) is 1.74. The first-order valence-electron chi connectivity index (χ1n) is 4.35. The molecule has 0 fully saturated rings. The molecule has 15 heavy (non-hydrogen) atoms. The van der Waals surface area contributed by atoms with E-state index in [-0.39, 0.29) is 12.3 Å². The third-order valence-electron chi connectivity index (χ3n) is 1.69. The minimum Gasteiger partial charge on any atom is -0.361 e. The smallest absolute Gasteiger partial charge is 0.233 e. The molecule has 0 bridgehead atoms. The van der Waals surface area contributed by atoms with Gasteiger partial charge in [0.1, 0.15) is 5.76 Å². The molecule has 5 nitrogen and oxygen atoms in total. The number of aromatic nitrogens is 2. The number of carbonyl (C=O) groups excluding carboxylic acids is 1. The van der Waals surface area contributed by atoms with Crippen molar-refractivity contribution in [3.8, 4) is 0 Å². The van der Waals surface area contributed by atoms with Gasteiger partial charge in [-0.15, -0.1) is 11.3 Å². The van der Waals surface area contributed by atoms with Crippen LogP contribution in [-0.4, -0.2) is 16.0 Å². The van der Waals surface area contributed by atoms with Crippen LogP contribution >= 0.6 is 11.3 Å². The molecule has 0 radical (unpaired) electrons. The highest BCUT2D eigenvalue weighted by Crippen LogP contribution is 2.11. The highest BCUT2D eigenvalue weighted by molar-refractivity contribution is 7.13. The average molecular weight is 223 g/mol. The number of nitrogens with zero attached hydrogens (tertiary/aromatic N) is 2. The molecule has 0 spiro atoms. The number of hydrogen-bond donors (Lipinski definition) is 1. The van der Waals surface area contributed by atoms with Gasteiger partial charge in [0, 0.05) is 17.6 Å². The van der Waals surface area contributed by atoms with Gasteiger partial charge in [-0.1, -0.05) is 5.16 Å². The van der Waals surface area contributed by atoms with Crippen molar-refractivity contribution in [3.05, 3.63) is 29.1 Å². The molecule has 0 atom stereocenters. The van der Waals surface area contributed by atoms with Crippen LogP contribution in [0.4, 0.5) is 5.13 Å². The first kappa shape index (κ1) is 9.85. The molecule has 0 aliphatic heterocycles. The standard InChI is InChI=1S/C9H9N3O2S/c1-6-4-7(14-12-6)5-8(13)11-9-10-2-3-15-9/h2-4H,5H2,1H3,(H,10,11,13). The number of nitrogens with one attached hydrogen (secondary N) is 1. The Hall–Kier alpha value is -1.69. The van der Waals surface area contributed by atoms with E-state index in [0.29, 0.717) is 10.9 Å². The molecule has 1 amide bonds. The fourth-order valence-corrected chi connectivity index (χ4v) is 1.65. The number of carbonyl (C=O) groups is 1. The molecule has 2 rings (SSSR count). The second-order valence-corrected chi connectivity index (χ2v) is 3.89. The quantitative estimate of drug-likeness (QED) is 0.858. The Bertz CT molecular complexity index is 450. The van der Waals surface area contributed by atoms with Gasteiger partial charge in [-0.05, 0) is 6.92 Å². The molecule has 78 valence electrons. The molecule has 0 saturated heterocycles. The molecule has 6 heteroatoms. The van der Waals surface area contributed by atoms with E-state index >= 15 is 0 Å². The number of anilines is 1. The highest BCUT2D eigenvalue weighted by atomic mass is 32.1. The van der Waals surface area contributed by atoms with Crippen LogP contribution in [0.5, 0.6) is 0 Å². The van der Waals surface area contributed by atoms with E-state index in [2.05, 4.69) is 15.5 Å². The summed E-state index contributed by atoms with van der Waals surface area (Å²) in [6.45, 7) is 1.81. The van der Waals surface area contributed by atoms with Gasteiger partial charge in [-0.2, -0.15) is 0 Å². The molecular weight excluding hydrogens is 214 g/mol. The summed E-state index contributed by atoms with van der Waals surface area (Å²) in [4.78, 5) is 15.4. The van der Waals surface area contributed by atoms with E-state index in [1.54, 1.807) is 17.6 Å². The maximum absolute atomic E-state index is 11.5. The van der Waals surface area contributed by atoms with Gasteiger partial charge in [0.15, 0.2) is 5.13 Å². The number of hydrogen-bond acceptors (Lipinski definition) is 5. The predicted octanol–water partition coefficient (Wildman–Crippen LogP) is 1.62. The summed E-state index contributed by atoms with van der Waals surface area (Å²) in [5, 5.41) is 8.75. The average Bonchev–Trinajstić information content (AvgIpc) is 2.77. The maximum atomic E-state index is 11.5. The fourth-order valence-electron chi connectivity index (χ4n) is 1.11. The van der Waals surface area contributed by atoms with E-state index in [4.69, 9.17) is 4.52 Å². The Morgan fingerprint density at radius 1 is 1.67 bits per heavy atom. The van der Waals surface area contributed by atoms with E-state index in [0.717, 1.165) is 5.69 Å². The van der Waals surface area contributed by atoms with Crippen LogP contribution in [0.25, 0.3) is 0 Å². The molecule has 0 saturated carbocycles. The van der Waals surface area contributed by atoms with Gasteiger partial charge in [0.2, 0.25) is 5.91 Å². The van der Waals surface area contributed by atoms with Crippen molar-refractivity contribution < 1.29 is 9.32 Å². The molecular formula is C9H9N3O2S. The lowest BCUT2D eigenvalue weighted by Crippen LogP contribution is -2.13. The van der Waals surface area contributed by atoms with Crippen LogP contribution in [0, 0.1) is 6.92 Å². The number of thiazole rings is 1. The van der Waals surface area contributed by atoms with Gasteiger partial charge < -0.3 is 9.84 Å². The van der Waals surface area contributed by atoms with Crippen molar-refractivity contribution in [3.63, 3.8) is 0 Å². The maximum Gasteiger partial charge on any atom is 0.233 e. The van der Waals surface area contributed by atoms with Crippen molar-refractivity contribution in [2.75, 3.05) is 5.32 Å². The van der Waals surface area contributed by atoms with Crippen molar-refractivity contribution in [2.24, 2.45) is 0 Å². The van der Waals surface area contributed by atoms with Crippen molar-refractivity contribution in [1.29, 1.82) is 0 Å². The molecule has 0 aliphatic carbocycles. The minimum atomic E-state index is -0.152. The summed E-state index contributed by atoms with van der Waals surface area (Å²) in [5.74, 6) is 0.405. The van der Waals surface area contributed by atoms with Crippen LogP contribution in [0.15, 0.2) is 22.2 Å². The van der Waals surface area contributed by atoms with E-state index < -0.39 is 0 Å². The lowest BCUT2D eigenvalue weighted by atomic mass is 10.3. The van der Waals surface area contributed by atoms with Crippen LogP contribution in [0.3, 0.4) is 0 Å². The van der Waals surface area contributed by atoms with Gasteiger partial charge in [-0.3, -0.25) is 4.79 Å². The lowest BCUT2D eigenvalue weighted by Gasteiger charge is -1.97. The van der Waals surface area contributed by atoms with E-state index in [9.17, 15) is 4.79 Å². The summed E-state index contributed by atoms with van der Waals surface area (Å²) in [7, 11) is 0. The Morgan fingerprint density at radius 3 is 3.13 bits per heavy atom. The summed E-state index contributed by atoms with van der Waals surface area (Å²) < 4.78 is 4.93. The topological polar surface area (TPSA) is 68.0 Å². The first-order valence-corrected chi connectivity index (χ1v) is 5.23. The normalized spacial score (nSPS) is 10.2. The number of amides is 1. The molecule has 2 aromatic heterocycles. The van der Waals surface area contributed by atoms with Gasteiger partial charge in [-0.25, -0.2) is 4.98 Å². The van der Waals surface area contributed by atoms with Crippen LogP contribution in [0.2, 0.25) is 0 Å². The minimum absolute atomic E-state index is 0.152. The van der Waals surface area contributed by atoms with Gasteiger partial charge in [0.05, 0.1) is 12.1 Å². The Labute approximate surface area is 90.1 Å². The summed E-state index contributed by atoms with van der Waals surface area (Å²) >= 11 is 1.38. The highest BCUT2D eigenvalue weighted by Gasteiger charge is 2.09. The van der Waals surface area contributed by atoms with Crippen molar-refractivity contribution in [1.82, 2.24) is 10.1 Å². The zero-order valence-electron chi connectivity index (χ0n) is 8.06. The molecule has 2 aromatic rings.